The number of nitrogens with zero attached hydrogens (tertiary/aromatic N) is 4. The minimum atomic E-state index is -0.472. The summed E-state index contributed by atoms with van der Waals surface area (Å²) in [5.41, 5.74) is 0.231. The van der Waals surface area contributed by atoms with E-state index < -0.39 is 6.09 Å². The molecule has 6 nitrogen and oxygen atoms in total. The molecule has 0 spiro atoms. The van der Waals surface area contributed by atoms with Crippen LogP contribution in [0.15, 0.2) is 12.3 Å². The number of aromatic nitrogens is 2. The predicted octanol–water partition coefficient (Wildman–Crippen LogP) is 0.305. The highest BCUT2D eigenvalue weighted by Crippen LogP contribution is 2.12. The Hall–Kier alpha value is -2.16. The topological polar surface area (TPSA) is 79.1 Å². The molecule has 1 saturated heterocycles. The Bertz CT molecular complexity index is 412. The Labute approximate surface area is 79.8 Å². The average molecular weight is 190 g/mol. The van der Waals surface area contributed by atoms with Gasteiger partial charge in [-0.1, -0.05) is 0 Å². The minimum absolute atomic E-state index is 0.214. The van der Waals surface area contributed by atoms with Gasteiger partial charge < -0.3 is 4.74 Å². The molecule has 0 saturated carbocycles. The van der Waals surface area contributed by atoms with Gasteiger partial charge in [-0.05, 0) is 6.07 Å². The van der Waals surface area contributed by atoms with E-state index in [1.807, 2.05) is 6.07 Å². The molecule has 1 amide bonds. The van der Waals surface area contributed by atoms with Crippen molar-refractivity contribution in [3.8, 4) is 6.07 Å². The van der Waals surface area contributed by atoms with Gasteiger partial charge >= 0.3 is 6.09 Å². The fourth-order valence-corrected chi connectivity index (χ4v) is 1.12. The van der Waals surface area contributed by atoms with Gasteiger partial charge in [0.05, 0.1) is 6.54 Å². The molecule has 0 N–H and O–H groups in total. The van der Waals surface area contributed by atoms with Crippen LogP contribution >= 0.6 is 0 Å². The fraction of sp³-hybridized carbons (Fsp3) is 0.250. The maximum Gasteiger partial charge on any atom is 0.416 e. The third-order valence-electron chi connectivity index (χ3n) is 1.76. The lowest BCUT2D eigenvalue weighted by molar-refractivity contribution is 0.181. The Morgan fingerprint density at radius 3 is 3.14 bits per heavy atom. The summed E-state index contributed by atoms with van der Waals surface area (Å²) in [4.78, 5) is 20.2. The number of nitriles is 1. The molecular formula is C8H6N4O2. The van der Waals surface area contributed by atoms with Crippen molar-refractivity contribution in [2.45, 2.75) is 0 Å². The summed E-state index contributed by atoms with van der Waals surface area (Å²) in [5, 5.41) is 8.60. The SMILES string of the molecule is N#Cc1ccnc(N2CCOC2=O)n1. The van der Waals surface area contributed by atoms with Gasteiger partial charge in [-0.2, -0.15) is 5.26 Å². The molecule has 0 unspecified atom stereocenters. The smallest absolute Gasteiger partial charge is 0.416 e. The molecule has 14 heavy (non-hydrogen) atoms. The largest absolute Gasteiger partial charge is 0.447 e. The van der Waals surface area contributed by atoms with Crippen LogP contribution in [0.2, 0.25) is 0 Å². The molecule has 1 fully saturated rings. The van der Waals surface area contributed by atoms with Crippen LogP contribution in [0.5, 0.6) is 0 Å². The summed E-state index contributed by atoms with van der Waals surface area (Å²) in [6.07, 6.45) is 0.965. The molecule has 2 rings (SSSR count). The highest BCUT2D eigenvalue weighted by atomic mass is 16.6. The second-order valence-corrected chi connectivity index (χ2v) is 2.62. The first-order valence-corrected chi connectivity index (χ1v) is 3.98. The monoisotopic (exact) mass is 190 g/mol. The lowest BCUT2D eigenvalue weighted by Gasteiger charge is -2.08. The van der Waals surface area contributed by atoms with Gasteiger partial charge in [-0.3, -0.25) is 0 Å². The van der Waals surface area contributed by atoms with Crippen LogP contribution in [0.4, 0.5) is 10.7 Å². The van der Waals surface area contributed by atoms with Gasteiger partial charge in [0.2, 0.25) is 5.95 Å². The van der Waals surface area contributed by atoms with Gasteiger partial charge in [0.25, 0.3) is 0 Å². The third kappa shape index (κ3) is 1.35. The maximum atomic E-state index is 11.1. The van der Waals surface area contributed by atoms with E-state index >= 15 is 0 Å². The van der Waals surface area contributed by atoms with Crippen molar-refractivity contribution in [3.05, 3.63) is 18.0 Å². The first-order valence-electron chi connectivity index (χ1n) is 3.98. The zero-order chi connectivity index (χ0) is 9.97. The van der Waals surface area contributed by atoms with E-state index in [9.17, 15) is 4.79 Å². The van der Waals surface area contributed by atoms with E-state index in [1.165, 1.54) is 17.2 Å². The third-order valence-corrected chi connectivity index (χ3v) is 1.76. The van der Waals surface area contributed by atoms with Crippen molar-refractivity contribution in [2.75, 3.05) is 18.1 Å². The Kier molecular flexibility index (Phi) is 1.99. The number of ether oxygens (including phenoxy) is 1. The van der Waals surface area contributed by atoms with Crippen LogP contribution in [0.1, 0.15) is 5.69 Å². The molecule has 0 bridgehead atoms. The second-order valence-electron chi connectivity index (χ2n) is 2.62. The molecule has 70 valence electrons. The Balaban J connectivity index is 2.32. The summed E-state index contributed by atoms with van der Waals surface area (Å²) in [5.74, 6) is 0.214. The number of hydrogen-bond donors (Lipinski definition) is 0. The van der Waals surface area contributed by atoms with E-state index in [2.05, 4.69) is 9.97 Å². The number of amides is 1. The van der Waals surface area contributed by atoms with Gasteiger partial charge in [0.15, 0.2) is 0 Å². The molecule has 6 heteroatoms. The molecular weight excluding hydrogens is 184 g/mol. The highest BCUT2D eigenvalue weighted by molar-refractivity contribution is 5.87. The molecule has 1 aliphatic rings. The van der Waals surface area contributed by atoms with E-state index in [0.717, 1.165) is 0 Å². The lowest BCUT2D eigenvalue weighted by Crippen LogP contribution is -2.25. The average Bonchev–Trinajstić information content (AvgIpc) is 2.65. The van der Waals surface area contributed by atoms with E-state index in [0.29, 0.717) is 13.2 Å². The molecule has 0 aromatic carbocycles. The number of cyclic esters (lactones) is 1. The summed E-state index contributed by atoms with van der Waals surface area (Å²) >= 11 is 0. The maximum absolute atomic E-state index is 11.1. The zero-order valence-electron chi connectivity index (χ0n) is 7.17. The number of carbonyl (C=O) groups is 1. The van der Waals surface area contributed by atoms with Crippen molar-refractivity contribution in [2.24, 2.45) is 0 Å². The normalized spacial score (nSPS) is 15.1. The van der Waals surface area contributed by atoms with Gasteiger partial charge in [-0.25, -0.2) is 19.7 Å². The van der Waals surface area contributed by atoms with Crippen LogP contribution < -0.4 is 4.90 Å². The number of anilines is 1. The quantitative estimate of drug-likeness (QED) is 0.636. The Morgan fingerprint density at radius 2 is 2.50 bits per heavy atom. The summed E-state index contributed by atoms with van der Waals surface area (Å²) in [6, 6.07) is 3.35. The number of carbonyl (C=O) groups excluding carboxylic acids is 1. The van der Waals surface area contributed by atoms with Crippen LogP contribution in [-0.2, 0) is 4.74 Å². The number of rotatable bonds is 1. The van der Waals surface area contributed by atoms with Crippen molar-refractivity contribution < 1.29 is 9.53 Å². The van der Waals surface area contributed by atoms with E-state index in [4.69, 9.17) is 10.00 Å². The van der Waals surface area contributed by atoms with Crippen LogP contribution in [0, 0.1) is 11.3 Å². The highest BCUT2D eigenvalue weighted by Gasteiger charge is 2.25. The van der Waals surface area contributed by atoms with Crippen molar-refractivity contribution in [1.29, 1.82) is 5.26 Å². The molecule has 0 aliphatic carbocycles. The van der Waals surface area contributed by atoms with Crippen molar-refractivity contribution in [1.82, 2.24) is 9.97 Å². The molecule has 1 aromatic heterocycles. The predicted molar refractivity (Wildman–Crippen MR) is 45.4 cm³/mol. The molecule has 1 aliphatic heterocycles. The van der Waals surface area contributed by atoms with Crippen LogP contribution in [0.3, 0.4) is 0 Å². The molecule has 0 atom stereocenters. The minimum Gasteiger partial charge on any atom is -0.447 e. The van der Waals surface area contributed by atoms with Gasteiger partial charge in [0, 0.05) is 6.20 Å². The van der Waals surface area contributed by atoms with Crippen LogP contribution in [0.25, 0.3) is 0 Å². The summed E-state index contributed by atoms with van der Waals surface area (Å²) < 4.78 is 4.72. The molecule has 1 aromatic rings. The van der Waals surface area contributed by atoms with Gasteiger partial charge in [0.1, 0.15) is 18.4 Å². The van der Waals surface area contributed by atoms with Gasteiger partial charge in [-0.15, -0.1) is 0 Å². The molecule has 2 heterocycles. The Morgan fingerprint density at radius 1 is 1.64 bits per heavy atom. The van der Waals surface area contributed by atoms with E-state index in [1.54, 1.807) is 0 Å². The summed E-state index contributed by atoms with van der Waals surface area (Å²) in [7, 11) is 0. The number of hydrogen-bond acceptors (Lipinski definition) is 5. The first-order chi connectivity index (χ1) is 6.81. The second kappa shape index (κ2) is 3.30. The molecule has 0 radical (unpaired) electrons. The lowest BCUT2D eigenvalue weighted by atomic mass is 10.4. The standard InChI is InChI=1S/C8H6N4O2/c9-5-6-1-2-10-7(11-6)12-3-4-14-8(12)13/h1-2H,3-4H2. The van der Waals surface area contributed by atoms with Crippen molar-refractivity contribution >= 4 is 12.0 Å². The fourth-order valence-electron chi connectivity index (χ4n) is 1.12. The van der Waals surface area contributed by atoms with Crippen molar-refractivity contribution in [3.63, 3.8) is 0 Å². The van der Waals surface area contributed by atoms with Crippen LogP contribution in [-0.4, -0.2) is 29.2 Å². The summed E-state index contributed by atoms with van der Waals surface area (Å²) in [6.45, 7) is 0.757. The zero-order valence-corrected chi connectivity index (χ0v) is 7.17. The van der Waals surface area contributed by atoms with E-state index in [-0.39, 0.29) is 11.6 Å². The first kappa shape index (κ1) is 8.44.